The summed E-state index contributed by atoms with van der Waals surface area (Å²) in [5.74, 6) is 0.303. The Labute approximate surface area is 98.8 Å². The molecule has 17 heavy (non-hydrogen) atoms. The van der Waals surface area contributed by atoms with Crippen LogP contribution in [0.2, 0.25) is 0 Å². The number of para-hydroxylation sites is 1. The lowest BCUT2D eigenvalue weighted by Gasteiger charge is -2.07. The maximum absolute atomic E-state index is 13.3. The van der Waals surface area contributed by atoms with Gasteiger partial charge in [0, 0.05) is 12.6 Å². The van der Waals surface area contributed by atoms with Gasteiger partial charge in [0.2, 0.25) is 0 Å². The van der Waals surface area contributed by atoms with Gasteiger partial charge in [-0.1, -0.05) is 12.1 Å². The summed E-state index contributed by atoms with van der Waals surface area (Å²) >= 11 is 0. The quantitative estimate of drug-likeness (QED) is 0.883. The minimum Gasteiger partial charge on any atom is -0.484 e. The van der Waals surface area contributed by atoms with E-state index in [4.69, 9.17) is 10.5 Å². The molecule has 0 spiro atoms. The summed E-state index contributed by atoms with van der Waals surface area (Å²) in [4.78, 5) is 0. The van der Waals surface area contributed by atoms with E-state index < -0.39 is 0 Å². The average Bonchev–Trinajstić information content (AvgIpc) is 2.69. The third-order valence-corrected chi connectivity index (χ3v) is 2.39. The van der Waals surface area contributed by atoms with E-state index in [9.17, 15) is 4.39 Å². The lowest BCUT2D eigenvalue weighted by molar-refractivity contribution is 0.278. The van der Waals surface area contributed by atoms with Gasteiger partial charge in [-0.25, -0.2) is 4.39 Å². The smallest absolute Gasteiger partial charge is 0.165 e. The van der Waals surface area contributed by atoms with Crippen LogP contribution >= 0.6 is 0 Å². The predicted octanol–water partition coefficient (Wildman–Crippen LogP) is 2.20. The topological polar surface area (TPSA) is 53.1 Å². The van der Waals surface area contributed by atoms with Crippen LogP contribution in [0.3, 0.4) is 0 Å². The number of aryl methyl sites for hydroxylation is 1. The van der Waals surface area contributed by atoms with E-state index in [-0.39, 0.29) is 18.2 Å². The summed E-state index contributed by atoms with van der Waals surface area (Å²) in [6.07, 6.45) is 0. The van der Waals surface area contributed by atoms with Crippen LogP contribution < -0.4 is 10.5 Å². The van der Waals surface area contributed by atoms with Crippen LogP contribution in [0.1, 0.15) is 12.6 Å². The van der Waals surface area contributed by atoms with Crippen LogP contribution in [0.4, 0.5) is 10.2 Å². The molecule has 0 saturated heterocycles. The molecule has 0 aliphatic rings. The molecule has 0 aliphatic carbocycles. The van der Waals surface area contributed by atoms with Gasteiger partial charge in [0.15, 0.2) is 11.6 Å². The minimum absolute atomic E-state index is 0.231. The standard InChI is InChI=1S/C12H14FN3O/c1-2-16-9(7-12(14)15-16)8-17-11-6-4-3-5-10(11)13/h3-7H,2,8H2,1H3,(H2,14,15). The second-order valence-corrected chi connectivity index (χ2v) is 3.60. The summed E-state index contributed by atoms with van der Waals surface area (Å²) in [6, 6.07) is 8.02. The number of nitrogen functional groups attached to an aromatic ring is 1. The molecular weight excluding hydrogens is 221 g/mol. The molecule has 5 heteroatoms. The van der Waals surface area contributed by atoms with Gasteiger partial charge in [-0.2, -0.15) is 5.10 Å². The highest BCUT2D eigenvalue weighted by Gasteiger charge is 2.07. The van der Waals surface area contributed by atoms with Gasteiger partial charge in [0.25, 0.3) is 0 Å². The van der Waals surface area contributed by atoms with Crippen molar-refractivity contribution in [3.8, 4) is 5.75 Å². The number of hydrogen-bond donors (Lipinski definition) is 1. The van der Waals surface area contributed by atoms with Crippen LogP contribution in [0, 0.1) is 5.82 Å². The summed E-state index contributed by atoms with van der Waals surface area (Å²) in [5, 5.41) is 4.08. The van der Waals surface area contributed by atoms with Gasteiger partial charge in [0.05, 0.1) is 5.69 Å². The highest BCUT2D eigenvalue weighted by Crippen LogP contribution is 2.17. The molecule has 0 saturated carbocycles. The molecule has 1 aromatic heterocycles. The Morgan fingerprint density at radius 3 is 2.88 bits per heavy atom. The van der Waals surface area contributed by atoms with E-state index in [1.165, 1.54) is 6.07 Å². The Hall–Kier alpha value is -2.04. The van der Waals surface area contributed by atoms with Crippen molar-refractivity contribution in [1.29, 1.82) is 0 Å². The molecule has 2 rings (SSSR count). The zero-order valence-corrected chi connectivity index (χ0v) is 9.56. The molecule has 90 valence electrons. The predicted molar refractivity (Wildman–Crippen MR) is 63.0 cm³/mol. The highest BCUT2D eigenvalue weighted by atomic mass is 19.1. The van der Waals surface area contributed by atoms with Crippen LogP contribution in [-0.4, -0.2) is 9.78 Å². The molecule has 1 aromatic carbocycles. The minimum atomic E-state index is -0.372. The first-order valence-corrected chi connectivity index (χ1v) is 5.40. The fraction of sp³-hybridized carbons (Fsp3) is 0.250. The summed E-state index contributed by atoms with van der Waals surface area (Å²) in [6.45, 7) is 2.91. The Morgan fingerprint density at radius 2 is 2.18 bits per heavy atom. The fourth-order valence-corrected chi connectivity index (χ4v) is 1.58. The molecule has 0 amide bonds. The van der Waals surface area contributed by atoms with Crippen molar-refractivity contribution in [2.24, 2.45) is 0 Å². The molecule has 0 unspecified atom stereocenters. The maximum atomic E-state index is 13.3. The van der Waals surface area contributed by atoms with Gasteiger partial charge >= 0.3 is 0 Å². The largest absolute Gasteiger partial charge is 0.484 e. The molecule has 0 atom stereocenters. The SMILES string of the molecule is CCn1nc(N)cc1COc1ccccc1F. The Bertz CT molecular complexity index is 510. The fourth-order valence-electron chi connectivity index (χ4n) is 1.58. The van der Waals surface area contributed by atoms with E-state index in [1.54, 1.807) is 28.9 Å². The lowest BCUT2D eigenvalue weighted by atomic mass is 10.3. The average molecular weight is 235 g/mol. The summed E-state index contributed by atoms with van der Waals surface area (Å²) in [5.41, 5.74) is 6.42. The number of halogens is 1. The molecule has 0 aliphatic heterocycles. The Morgan fingerprint density at radius 1 is 1.41 bits per heavy atom. The van der Waals surface area contributed by atoms with Gasteiger partial charge in [-0.05, 0) is 19.1 Å². The van der Waals surface area contributed by atoms with E-state index in [2.05, 4.69) is 5.10 Å². The Balaban J connectivity index is 2.09. The van der Waals surface area contributed by atoms with Crippen molar-refractivity contribution in [1.82, 2.24) is 9.78 Å². The number of nitrogens with zero attached hydrogens (tertiary/aromatic N) is 2. The van der Waals surface area contributed by atoms with Gasteiger partial charge in [-0.3, -0.25) is 4.68 Å². The van der Waals surface area contributed by atoms with Crippen molar-refractivity contribution in [3.05, 3.63) is 41.8 Å². The molecule has 0 fully saturated rings. The molecular formula is C12H14FN3O. The summed E-state index contributed by atoms with van der Waals surface area (Å²) in [7, 11) is 0. The lowest BCUT2D eigenvalue weighted by Crippen LogP contribution is -2.06. The van der Waals surface area contributed by atoms with Crippen LogP contribution in [0.25, 0.3) is 0 Å². The van der Waals surface area contributed by atoms with Crippen molar-refractivity contribution in [2.45, 2.75) is 20.1 Å². The maximum Gasteiger partial charge on any atom is 0.165 e. The highest BCUT2D eigenvalue weighted by molar-refractivity contribution is 5.30. The van der Waals surface area contributed by atoms with Gasteiger partial charge < -0.3 is 10.5 Å². The summed E-state index contributed by atoms with van der Waals surface area (Å²) < 4.78 is 20.4. The zero-order chi connectivity index (χ0) is 12.3. The molecule has 0 radical (unpaired) electrons. The number of rotatable bonds is 4. The third-order valence-electron chi connectivity index (χ3n) is 2.39. The van der Waals surface area contributed by atoms with Gasteiger partial charge in [-0.15, -0.1) is 0 Å². The van der Waals surface area contributed by atoms with Crippen LogP contribution in [0.5, 0.6) is 5.75 Å². The molecule has 0 bridgehead atoms. The molecule has 2 N–H and O–H groups in total. The number of ether oxygens (including phenoxy) is 1. The molecule has 4 nitrogen and oxygen atoms in total. The van der Waals surface area contributed by atoms with E-state index >= 15 is 0 Å². The number of anilines is 1. The Kier molecular flexibility index (Phi) is 3.27. The first-order chi connectivity index (χ1) is 8.20. The van der Waals surface area contributed by atoms with E-state index in [1.807, 2.05) is 6.92 Å². The first-order valence-electron chi connectivity index (χ1n) is 5.40. The normalized spacial score (nSPS) is 10.5. The zero-order valence-electron chi connectivity index (χ0n) is 9.56. The first kappa shape index (κ1) is 11.4. The number of benzene rings is 1. The third kappa shape index (κ3) is 2.55. The van der Waals surface area contributed by atoms with Crippen molar-refractivity contribution >= 4 is 5.82 Å². The van der Waals surface area contributed by atoms with E-state index in [0.717, 1.165) is 5.69 Å². The monoisotopic (exact) mass is 235 g/mol. The number of nitrogens with two attached hydrogens (primary N) is 1. The van der Waals surface area contributed by atoms with Crippen LogP contribution in [0.15, 0.2) is 30.3 Å². The molecule has 1 heterocycles. The second kappa shape index (κ2) is 4.86. The molecule has 2 aromatic rings. The van der Waals surface area contributed by atoms with Crippen molar-refractivity contribution in [2.75, 3.05) is 5.73 Å². The van der Waals surface area contributed by atoms with Gasteiger partial charge in [0.1, 0.15) is 12.4 Å². The second-order valence-electron chi connectivity index (χ2n) is 3.60. The number of aromatic nitrogens is 2. The van der Waals surface area contributed by atoms with E-state index in [0.29, 0.717) is 12.4 Å². The van der Waals surface area contributed by atoms with Crippen molar-refractivity contribution in [3.63, 3.8) is 0 Å². The van der Waals surface area contributed by atoms with Crippen molar-refractivity contribution < 1.29 is 9.13 Å². The van der Waals surface area contributed by atoms with Crippen LogP contribution in [-0.2, 0) is 13.2 Å². The number of hydrogen-bond acceptors (Lipinski definition) is 3.